The molecule has 28 heavy (non-hydrogen) atoms. The van der Waals surface area contributed by atoms with Crippen LogP contribution in [0.1, 0.15) is 33.6 Å². The lowest BCUT2D eigenvalue weighted by atomic mass is 10.2. The number of hydrogen-bond acceptors (Lipinski definition) is 4. The van der Waals surface area contributed by atoms with Crippen LogP contribution in [0.15, 0.2) is 59.5 Å². The number of sulfonamides is 1. The molecule has 152 valence electrons. The number of rotatable bonds is 10. The predicted octanol–water partition coefficient (Wildman–Crippen LogP) is 3.59. The van der Waals surface area contributed by atoms with E-state index in [0.717, 1.165) is 17.1 Å². The largest absolute Gasteiger partial charge is 0.494 e. The molecule has 6 nitrogen and oxygen atoms in total. The minimum absolute atomic E-state index is 0.0108. The standard InChI is InChI=1S/C21H28N2O4S/c1-4-9-17(3)22-21(24)16-23(18-10-7-6-8-11-18)28(25,26)20-14-12-19(13-15-20)27-5-2/h6-8,10-15,17H,4-5,9,16H2,1-3H3,(H,22,24)/t17-/m1/s1. The minimum Gasteiger partial charge on any atom is -0.494 e. The first-order valence-corrected chi connectivity index (χ1v) is 10.9. The zero-order valence-corrected chi connectivity index (χ0v) is 17.4. The molecule has 1 N–H and O–H groups in total. The van der Waals surface area contributed by atoms with Crippen LogP contribution in [0.2, 0.25) is 0 Å². The average Bonchev–Trinajstić information content (AvgIpc) is 2.67. The summed E-state index contributed by atoms with van der Waals surface area (Å²) in [6, 6.07) is 14.8. The number of nitrogens with zero attached hydrogens (tertiary/aromatic N) is 1. The zero-order valence-electron chi connectivity index (χ0n) is 16.6. The van der Waals surface area contributed by atoms with Gasteiger partial charge in [0.15, 0.2) is 0 Å². The van der Waals surface area contributed by atoms with Crippen molar-refractivity contribution in [1.82, 2.24) is 5.32 Å². The minimum atomic E-state index is -3.91. The lowest BCUT2D eigenvalue weighted by Crippen LogP contribution is -2.43. The van der Waals surface area contributed by atoms with Crippen molar-refractivity contribution < 1.29 is 17.9 Å². The second kappa shape index (κ2) is 10.1. The number of amides is 1. The zero-order chi connectivity index (χ0) is 20.6. The Balaban J connectivity index is 2.31. The first-order valence-electron chi connectivity index (χ1n) is 9.48. The summed E-state index contributed by atoms with van der Waals surface area (Å²) < 4.78 is 33.0. The molecule has 0 fully saturated rings. The van der Waals surface area contributed by atoms with Gasteiger partial charge in [-0.25, -0.2) is 8.42 Å². The number of para-hydroxylation sites is 1. The summed E-state index contributed by atoms with van der Waals surface area (Å²) in [5.74, 6) is 0.262. The smallest absolute Gasteiger partial charge is 0.264 e. The van der Waals surface area contributed by atoms with Gasteiger partial charge in [-0.3, -0.25) is 9.10 Å². The SMILES string of the molecule is CCC[C@@H](C)NC(=O)CN(c1ccccc1)S(=O)(=O)c1ccc(OCC)cc1. The molecule has 2 aromatic carbocycles. The Kier molecular flexibility index (Phi) is 7.87. The van der Waals surface area contributed by atoms with Crippen molar-refractivity contribution >= 4 is 21.6 Å². The number of ether oxygens (including phenoxy) is 1. The molecule has 1 atom stereocenters. The highest BCUT2D eigenvalue weighted by molar-refractivity contribution is 7.92. The molecule has 0 aliphatic rings. The van der Waals surface area contributed by atoms with Crippen molar-refractivity contribution in [3.05, 3.63) is 54.6 Å². The van der Waals surface area contributed by atoms with Gasteiger partial charge < -0.3 is 10.1 Å². The van der Waals surface area contributed by atoms with Crippen LogP contribution < -0.4 is 14.4 Å². The van der Waals surface area contributed by atoms with Gasteiger partial charge in [-0.1, -0.05) is 31.5 Å². The fourth-order valence-corrected chi connectivity index (χ4v) is 4.29. The molecule has 2 aromatic rings. The van der Waals surface area contributed by atoms with Gasteiger partial charge in [0.1, 0.15) is 12.3 Å². The number of hydrogen-bond donors (Lipinski definition) is 1. The van der Waals surface area contributed by atoms with Crippen LogP contribution >= 0.6 is 0 Å². The van der Waals surface area contributed by atoms with Crippen LogP contribution in [0.4, 0.5) is 5.69 Å². The van der Waals surface area contributed by atoms with E-state index in [2.05, 4.69) is 5.32 Å². The number of carbonyl (C=O) groups excluding carboxylic acids is 1. The second-order valence-electron chi connectivity index (χ2n) is 6.51. The molecule has 0 radical (unpaired) electrons. The summed E-state index contributed by atoms with van der Waals surface area (Å²) in [5, 5.41) is 2.87. The Bertz CT molecular complexity index is 852. The third-order valence-electron chi connectivity index (χ3n) is 4.18. The summed E-state index contributed by atoms with van der Waals surface area (Å²) in [4.78, 5) is 12.6. The number of carbonyl (C=O) groups is 1. The molecule has 0 aliphatic carbocycles. The second-order valence-corrected chi connectivity index (χ2v) is 8.37. The molecule has 0 aliphatic heterocycles. The number of anilines is 1. The third kappa shape index (κ3) is 5.73. The van der Waals surface area contributed by atoms with Crippen molar-refractivity contribution in [3.8, 4) is 5.75 Å². The summed E-state index contributed by atoms with van der Waals surface area (Å²) in [6.07, 6.45) is 1.77. The first-order chi connectivity index (χ1) is 13.4. The van der Waals surface area contributed by atoms with Crippen LogP contribution in [-0.2, 0) is 14.8 Å². The molecule has 0 saturated carbocycles. The molecular formula is C21H28N2O4S. The van der Waals surface area contributed by atoms with Crippen molar-refractivity contribution in [2.75, 3.05) is 17.5 Å². The molecule has 2 rings (SSSR count). The Labute approximate surface area is 167 Å². The number of benzene rings is 2. The molecular weight excluding hydrogens is 376 g/mol. The molecule has 1 amide bonds. The van der Waals surface area contributed by atoms with Crippen LogP contribution in [0.25, 0.3) is 0 Å². The molecule has 0 aromatic heterocycles. The Hall–Kier alpha value is -2.54. The van der Waals surface area contributed by atoms with E-state index in [4.69, 9.17) is 4.74 Å². The van der Waals surface area contributed by atoms with E-state index in [1.807, 2.05) is 20.8 Å². The highest BCUT2D eigenvalue weighted by Gasteiger charge is 2.27. The summed E-state index contributed by atoms with van der Waals surface area (Å²) >= 11 is 0. The van der Waals surface area contributed by atoms with E-state index in [9.17, 15) is 13.2 Å². The van der Waals surface area contributed by atoms with Crippen molar-refractivity contribution in [2.45, 2.75) is 44.6 Å². The van der Waals surface area contributed by atoms with Gasteiger partial charge in [0, 0.05) is 6.04 Å². The highest BCUT2D eigenvalue weighted by Crippen LogP contribution is 2.25. The Morgan fingerprint density at radius 1 is 1.07 bits per heavy atom. The van der Waals surface area contributed by atoms with E-state index in [-0.39, 0.29) is 23.4 Å². The Morgan fingerprint density at radius 2 is 1.71 bits per heavy atom. The normalized spacial score (nSPS) is 12.2. The fourth-order valence-electron chi connectivity index (χ4n) is 2.87. The van der Waals surface area contributed by atoms with E-state index in [1.54, 1.807) is 42.5 Å². The van der Waals surface area contributed by atoms with Crippen molar-refractivity contribution in [2.24, 2.45) is 0 Å². The van der Waals surface area contributed by atoms with Gasteiger partial charge in [0.05, 0.1) is 17.2 Å². The third-order valence-corrected chi connectivity index (χ3v) is 5.97. The van der Waals surface area contributed by atoms with Crippen LogP contribution in [0, 0.1) is 0 Å². The average molecular weight is 405 g/mol. The van der Waals surface area contributed by atoms with E-state index >= 15 is 0 Å². The quantitative estimate of drug-likeness (QED) is 0.657. The van der Waals surface area contributed by atoms with Crippen LogP contribution in [0.3, 0.4) is 0 Å². The summed E-state index contributed by atoms with van der Waals surface area (Å²) in [6.45, 7) is 6.02. The maximum Gasteiger partial charge on any atom is 0.264 e. The molecule has 0 unspecified atom stereocenters. The molecule has 0 heterocycles. The van der Waals surface area contributed by atoms with Gasteiger partial charge in [-0.2, -0.15) is 0 Å². The molecule has 0 spiro atoms. The maximum atomic E-state index is 13.3. The molecule has 0 bridgehead atoms. The lowest BCUT2D eigenvalue weighted by Gasteiger charge is -2.25. The van der Waals surface area contributed by atoms with Gasteiger partial charge >= 0.3 is 0 Å². The monoisotopic (exact) mass is 404 g/mol. The lowest BCUT2D eigenvalue weighted by molar-refractivity contribution is -0.120. The summed E-state index contributed by atoms with van der Waals surface area (Å²) in [5.41, 5.74) is 0.440. The fraction of sp³-hybridized carbons (Fsp3) is 0.381. The summed E-state index contributed by atoms with van der Waals surface area (Å²) in [7, 11) is -3.91. The van der Waals surface area contributed by atoms with Gasteiger partial charge in [-0.15, -0.1) is 0 Å². The predicted molar refractivity (Wildman–Crippen MR) is 111 cm³/mol. The highest BCUT2D eigenvalue weighted by atomic mass is 32.2. The maximum absolute atomic E-state index is 13.3. The first kappa shape index (κ1) is 21.8. The molecule has 0 saturated heterocycles. The topological polar surface area (TPSA) is 75.7 Å². The molecule has 7 heteroatoms. The van der Waals surface area contributed by atoms with Crippen LogP contribution in [-0.4, -0.2) is 33.5 Å². The Morgan fingerprint density at radius 3 is 2.29 bits per heavy atom. The van der Waals surface area contributed by atoms with Gasteiger partial charge in [0.25, 0.3) is 10.0 Å². The van der Waals surface area contributed by atoms with Gasteiger partial charge in [-0.05, 0) is 56.7 Å². The van der Waals surface area contributed by atoms with E-state index in [0.29, 0.717) is 18.0 Å². The van der Waals surface area contributed by atoms with E-state index < -0.39 is 10.0 Å². The van der Waals surface area contributed by atoms with E-state index in [1.165, 1.54) is 12.1 Å². The van der Waals surface area contributed by atoms with Crippen LogP contribution in [0.5, 0.6) is 5.75 Å². The van der Waals surface area contributed by atoms with Crippen molar-refractivity contribution in [3.63, 3.8) is 0 Å². The van der Waals surface area contributed by atoms with Crippen molar-refractivity contribution in [1.29, 1.82) is 0 Å². The van der Waals surface area contributed by atoms with Gasteiger partial charge in [0.2, 0.25) is 5.91 Å². The number of nitrogens with one attached hydrogen (secondary N) is 1.